The van der Waals surface area contributed by atoms with Crippen LogP contribution in [0, 0.1) is 0 Å². The van der Waals surface area contributed by atoms with Gasteiger partial charge in [0.1, 0.15) is 0 Å². The topological polar surface area (TPSA) is 6.48 Å². The van der Waals surface area contributed by atoms with Gasteiger partial charge in [-0.05, 0) is 173 Å². The third-order valence-corrected chi connectivity index (χ3v) is 18.5. The van der Waals surface area contributed by atoms with Crippen molar-refractivity contribution in [2.45, 2.75) is 58.1 Å². The minimum Gasteiger partial charge on any atom is -0.308 e. The second-order valence-electron chi connectivity index (χ2n) is 20.8. The van der Waals surface area contributed by atoms with Gasteiger partial charge < -0.3 is 9.80 Å². The predicted octanol–water partition coefficient (Wildman–Crippen LogP) is 19.8. The van der Waals surface area contributed by atoms with Crippen LogP contribution < -0.4 is 9.80 Å². The Morgan fingerprint density at radius 3 is 1.01 bits per heavy atom. The standard InChI is InChI=1S/C68H48N2S2/c1-67(2)53-19-7-5-17-45(53)47-33-29-41(37-55(47)67)65-49-35-31-44(70-59-23-11-15-27-63(59)72-64-28-16-12-24-60(64)70)40-52(49)66(42-30-34-48-46-18-6-8-20-54(46)68(3,4)56(48)38-42)50-36-32-43(39-51(50)65)69-57-21-9-13-25-61(57)71-62-26-14-10-22-58(62)69/h5-40H,1-4H3. The fourth-order valence-electron chi connectivity index (χ4n) is 12.8. The van der Waals surface area contributed by atoms with Crippen molar-refractivity contribution in [3.63, 3.8) is 0 Å². The fourth-order valence-corrected chi connectivity index (χ4v) is 14.9. The Balaban J connectivity index is 1.06. The van der Waals surface area contributed by atoms with E-state index in [2.05, 4.69) is 256 Å². The molecule has 2 nitrogen and oxygen atoms in total. The van der Waals surface area contributed by atoms with Crippen LogP contribution in [0.2, 0.25) is 0 Å². The molecule has 0 amide bonds. The van der Waals surface area contributed by atoms with Crippen LogP contribution in [0.4, 0.5) is 34.1 Å². The lowest BCUT2D eigenvalue weighted by molar-refractivity contribution is 0.660. The van der Waals surface area contributed by atoms with E-state index >= 15 is 0 Å². The summed E-state index contributed by atoms with van der Waals surface area (Å²) in [6.45, 7) is 9.59. The summed E-state index contributed by atoms with van der Waals surface area (Å²) in [6, 6.07) is 82.7. The van der Waals surface area contributed by atoms with Crippen molar-refractivity contribution < 1.29 is 0 Å². The number of hydrogen-bond acceptors (Lipinski definition) is 4. The van der Waals surface area contributed by atoms with Gasteiger partial charge in [-0.15, -0.1) is 0 Å². The Morgan fingerprint density at radius 2 is 0.625 bits per heavy atom. The highest BCUT2D eigenvalue weighted by atomic mass is 32.2. The normalized spacial score (nSPS) is 15.0. The van der Waals surface area contributed by atoms with Crippen LogP contribution in [0.1, 0.15) is 49.9 Å². The SMILES string of the molecule is CC1(C)c2ccccc2-c2ccc(-c3c4ccc(N5c6ccccc6Sc6ccccc65)cc4c(-c4ccc5c(c4)C(C)(C)c4ccccc4-5)c4ccc(N5c6ccccc6Sc6ccccc65)cc34)cc21. The van der Waals surface area contributed by atoms with Crippen molar-refractivity contribution in [2.75, 3.05) is 9.80 Å². The summed E-state index contributed by atoms with van der Waals surface area (Å²) in [7, 11) is 0. The summed E-state index contributed by atoms with van der Waals surface area (Å²) in [5, 5.41) is 4.94. The molecule has 0 unspecified atom stereocenters. The molecule has 11 aromatic rings. The molecule has 72 heavy (non-hydrogen) atoms. The first-order valence-electron chi connectivity index (χ1n) is 25.1. The number of anilines is 6. The summed E-state index contributed by atoms with van der Waals surface area (Å²) in [6.07, 6.45) is 0. The second kappa shape index (κ2) is 15.4. The van der Waals surface area contributed by atoms with Gasteiger partial charge in [-0.25, -0.2) is 0 Å². The van der Waals surface area contributed by atoms with Gasteiger partial charge in [-0.2, -0.15) is 0 Å². The van der Waals surface area contributed by atoms with Crippen molar-refractivity contribution in [1.29, 1.82) is 0 Å². The average molecular weight is 957 g/mol. The highest BCUT2D eigenvalue weighted by Gasteiger charge is 2.38. The van der Waals surface area contributed by atoms with Gasteiger partial charge >= 0.3 is 0 Å². The van der Waals surface area contributed by atoms with Crippen LogP contribution in [-0.2, 0) is 10.8 Å². The summed E-state index contributed by atoms with van der Waals surface area (Å²) in [4.78, 5) is 9.99. The molecule has 342 valence electrons. The molecule has 0 bridgehead atoms. The highest BCUT2D eigenvalue weighted by Crippen LogP contribution is 2.58. The van der Waals surface area contributed by atoms with Crippen LogP contribution in [0.5, 0.6) is 0 Å². The minimum atomic E-state index is -0.160. The van der Waals surface area contributed by atoms with Crippen LogP contribution in [0.25, 0.3) is 66.1 Å². The maximum absolute atomic E-state index is 2.52. The molecule has 2 aliphatic heterocycles. The smallest absolute Gasteiger partial charge is 0.0601 e. The number of para-hydroxylation sites is 4. The number of fused-ring (bicyclic) bond motifs is 12. The Morgan fingerprint density at radius 1 is 0.292 bits per heavy atom. The van der Waals surface area contributed by atoms with E-state index in [1.165, 1.54) is 131 Å². The maximum Gasteiger partial charge on any atom is 0.0601 e. The Kier molecular flexibility index (Phi) is 8.96. The van der Waals surface area contributed by atoms with E-state index in [-0.39, 0.29) is 10.8 Å². The first kappa shape index (κ1) is 42.0. The van der Waals surface area contributed by atoms with E-state index in [9.17, 15) is 0 Å². The molecule has 4 heteroatoms. The summed E-state index contributed by atoms with van der Waals surface area (Å²) >= 11 is 3.71. The number of nitrogens with zero attached hydrogens (tertiary/aromatic N) is 2. The summed E-state index contributed by atoms with van der Waals surface area (Å²) < 4.78 is 0. The molecule has 0 fully saturated rings. The molecule has 2 heterocycles. The molecular formula is C68H48N2S2. The number of hydrogen-bond donors (Lipinski definition) is 0. The molecule has 0 N–H and O–H groups in total. The van der Waals surface area contributed by atoms with E-state index in [1.54, 1.807) is 0 Å². The lowest BCUT2D eigenvalue weighted by atomic mass is 9.79. The van der Waals surface area contributed by atoms with Crippen LogP contribution >= 0.6 is 23.5 Å². The quantitative estimate of drug-likeness (QED) is 0.162. The van der Waals surface area contributed by atoms with E-state index < -0.39 is 0 Å². The molecule has 11 aromatic carbocycles. The zero-order chi connectivity index (χ0) is 48.0. The van der Waals surface area contributed by atoms with Gasteiger partial charge in [0.25, 0.3) is 0 Å². The summed E-state index contributed by atoms with van der Waals surface area (Å²) in [5.74, 6) is 0. The molecular weight excluding hydrogens is 909 g/mol. The molecule has 0 radical (unpaired) electrons. The molecule has 4 aliphatic rings. The number of benzene rings is 11. The fraction of sp³-hybridized carbons (Fsp3) is 0.0882. The zero-order valence-electron chi connectivity index (χ0n) is 40.5. The molecule has 0 aromatic heterocycles. The van der Waals surface area contributed by atoms with Crippen molar-refractivity contribution in [3.05, 3.63) is 241 Å². The lowest BCUT2D eigenvalue weighted by Crippen LogP contribution is -2.15. The molecule has 0 saturated carbocycles. The highest BCUT2D eigenvalue weighted by molar-refractivity contribution is 8.00. The molecule has 0 saturated heterocycles. The van der Waals surface area contributed by atoms with Gasteiger partial charge in [-0.1, -0.05) is 185 Å². The van der Waals surface area contributed by atoms with Crippen LogP contribution in [0.3, 0.4) is 0 Å². The van der Waals surface area contributed by atoms with Crippen molar-refractivity contribution in [2.24, 2.45) is 0 Å². The third kappa shape index (κ3) is 5.94. The van der Waals surface area contributed by atoms with Crippen molar-refractivity contribution >= 4 is 79.2 Å². The Labute approximate surface area is 429 Å². The van der Waals surface area contributed by atoms with Gasteiger partial charge in [0.15, 0.2) is 0 Å². The largest absolute Gasteiger partial charge is 0.308 e. The molecule has 0 spiro atoms. The van der Waals surface area contributed by atoms with Gasteiger partial charge in [0, 0.05) is 41.8 Å². The Bertz CT molecular complexity index is 3780. The number of rotatable bonds is 4. The lowest BCUT2D eigenvalue weighted by Gasteiger charge is -2.34. The van der Waals surface area contributed by atoms with E-state index in [0.717, 1.165) is 11.4 Å². The average Bonchev–Trinajstić information content (AvgIpc) is 3.79. The van der Waals surface area contributed by atoms with Gasteiger partial charge in [0.2, 0.25) is 0 Å². The van der Waals surface area contributed by atoms with E-state index in [1.807, 2.05) is 23.5 Å². The zero-order valence-corrected chi connectivity index (χ0v) is 42.1. The van der Waals surface area contributed by atoms with Gasteiger partial charge in [0.05, 0.1) is 22.7 Å². The van der Waals surface area contributed by atoms with E-state index in [4.69, 9.17) is 0 Å². The molecule has 15 rings (SSSR count). The Hall–Kier alpha value is -7.76. The van der Waals surface area contributed by atoms with Crippen molar-refractivity contribution in [1.82, 2.24) is 0 Å². The first-order chi connectivity index (χ1) is 35.2. The second-order valence-corrected chi connectivity index (χ2v) is 23.0. The first-order valence-corrected chi connectivity index (χ1v) is 26.7. The minimum absolute atomic E-state index is 0.160. The summed E-state index contributed by atoms with van der Waals surface area (Å²) in [5.41, 5.74) is 22.6. The third-order valence-electron chi connectivity index (χ3n) is 16.2. The predicted molar refractivity (Wildman–Crippen MR) is 305 cm³/mol. The van der Waals surface area contributed by atoms with E-state index in [0.29, 0.717) is 0 Å². The van der Waals surface area contributed by atoms with Gasteiger partial charge in [-0.3, -0.25) is 0 Å². The maximum atomic E-state index is 2.52. The molecule has 2 aliphatic carbocycles. The van der Waals surface area contributed by atoms with Crippen LogP contribution in [-0.4, -0.2) is 0 Å². The van der Waals surface area contributed by atoms with Crippen LogP contribution in [0.15, 0.2) is 238 Å². The van der Waals surface area contributed by atoms with Crippen molar-refractivity contribution in [3.8, 4) is 44.5 Å². The monoisotopic (exact) mass is 956 g/mol. The molecule has 0 atom stereocenters.